The van der Waals surface area contributed by atoms with E-state index < -0.39 is 0 Å². The van der Waals surface area contributed by atoms with E-state index in [1.165, 1.54) is 4.88 Å². The van der Waals surface area contributed by atoms with Gasteiger partial charge in [0.05, 0.1) is 6.61 Å². The second kappa shape index (κ2) is 10.6. The predicted octanol–water partition coefficient (Wildman–Crippen LogP) is 5.21. The van der Waals surface area contributed by atoms with Gasteiger partial charge in [0.1, 0.15) is 5.75 Å². The molecule has 0 bridgehead atoms. The van der Waals surface area contributed by atoms with Gasteiger partial charge in [-0.25, -0.2) is 0 Å². The van der Waals surface area contributed by atoms with Gasteiger partial charge in [-0.1, -0.05) is 25.5 Å². The summed E-state index contributed by atoms with van der Waals surface area (Å²) in [4.78, 5) is 20.5. The van der Waals surface area contributed by atoms with Crippen LogP contribution < -0.4 is 4.74 Å². The van der Waals surface area contributed by atoms with Crippen molar-refractivity contribution >= 4 is 17.2 Å². The average Bonchev–Trinajstić information content (AvgIpc) is 3.26. The molecule has 1 amide bonds. The van der Waals surface area contributed by atoms with Crippen molar-refractivity contribution in [2.24, 2.45) is 0 Å². The van der Waals surface area contributed by atoms with Crippen LogP contribution in [0.2, 0.25) is 0 Å². The van der Waals surface area contributed by atoms with Crippen LogP contribution in [0.4, 0.5) is 0 Å². The number of carbonyl (C=O) groups is 1. The van der Waals surface area contributed by atoms with Crippen LogP contribution in [0, 0.1) is 0 Å². The minimum Gasteiger partial charge on any atom is -0.494 e. The number of nitrogens with zero attached hydrogens (tertiary/aromatic N) is 2. The summed E-state index contributed by atoms with van der Waals surface area (Å²) in [5.74, 6) is 0.836. The van der Waals surface area contributed by atoms with Crippen LogP contribution in [-0.2, 0) is 13.0 Å². The van der Waals surface area contributed by atoms with E-state index in [9.17, 15) is 4.79 Å². The van der Waals surface area contributed by atoms with Crippen molar-refractivity contribution in [1.82, 2.24) is 9.88 Å². The number of carbonyl (C=O) groups excluding carboxylic acids is 1. The second-order valence-corrected chi connectivity index (χ2v) is 7.68. The second-order valence-electron chi connectivity index (χ2n) is 6.64. The number of thiophene rings is 1. The first-order chi connectivity index (χ1) is 13.8. The molecule has 0 fully saturated rings. The molecule has 1 aromatic carbocycles. The Balaban J connectivity index is 1.69. The van der Waals surface area contributed by atoms with E-state index in [1.54, 1.807) is 17.5 Å². The Morgan fingerprint density at radius 2 is 2.00 bits per heavy atom. The summed E-state index contributed by atoms with van der Waals surface area (Å²) in [6.07, 6.45) is 6.54. The fourth-order valence-electron chi connectivity index (χ4n) is 2.88. The van der Waals surface area contributed by atoms with E-state index in [1.807, 2.05) is 53.6 Å². The van der Waals surface area contributed by atoms with Crippen LogP contribution in [0.3, 0.4) is 0 Å². The highest BCUT2D eigenvalue weighted by Gasteiger charge is 2.17. The smallest absolute Gasteiger partial charge is 0.254 e. The number of hydrogen-bond acceptors (Lipinski definition) is 4. The van der Waals surface area contributed by atoms with Gasteiger partial charge in [-0.3, -0.25) is 9.78 Å². The highest BCUT2D eigenvalue weighted by molar-refractivity contribution is 7.09. The Hall–Kier alpha value is -2.66. The zero-order chi connectivity index (χ0) is 19.6. The first-order valence-corrected chi connectivity index (χ1v) is 10.6. The molecule has 0 saturated heterocycles. The zero-order valence-electron chi connectivity index (χ0n) is 16.2. The minimum atomic E-state index is 0.0283. The lowest BCUT2D eigenvalue weighted by molar-refractivity contribution is 0.0745. The molecule has 0 atom stereocenters. The molecule has 146 valence electrons. The first kappa shape index (κ1) is 20.1. The van der Waals surface area contributed by atoms with Gasteiger partial charge in [0.15, 0.2) is 0 Å². The molecule has 0 spiro atoms. The maximum atomic E-state index is 13.1. The van der Waals surface area contributed by atoms with Gasteiger partial charge < -0.3 is 9.64 Å². The zero-order valence-corrected chi connectivity index (χ0v) is 17.0. The molecule has 3 rings (SSSR count). The van der Waals surface area contributed by atoms with Crippen LogP contribution in [0.1, 0.15) is 40.6 Å². The molecule has 0 radical (unpaired) electrons. The molecule has 3 aromatic rings. The molecule has 0 saturated carbocycles. The number of rotatable bonds is 10. The maximum Gasteiger partial charge on any atom is 0.254 e. The molecular formula is C23H26N2O2S. The van der Waals surface area contributed by atoms with Crippen LogP contribution >= 0.6 is 11.3 Å². The number of benzene rings is 1. The van der Waals surface area contributed by atoms with Crippen molar-refractivity contribution in [3.8, 4) is 5.75 Å². The molecule has 0 unspecified atom stereocenters. The van der Waals surface area contributed by atoms with E-state index in [4.69, 9.17) is 4.74 Å². The molecule has 4 nitrogen and oxygen atoms in total. The maximum absolute atomic E-state index is 13.1. The Bertz CT molecular complexity index is 833. The van der Waals surface area contributed by atoms with Crippen molar-refractivity contribution < 1.29 is 9.53 Å². The fraction of sp³-hybridized carbons (Fsp3) is 0.304. The van der Waals surface area contributed by atoms with Crippen LogP contribution in [0.5, 0.6) is 5.75 Å². The van der Waals surface area contributed by atoms with E-state index in [0.29, 0.717) is 25.3 Å². The lowest BCUT2D eigenvalue weighted by Gasteiger charge is -2.23. The quantitative estimate of drug-likeness (QED) is 0.444. The van der Waals surface area contributed by atoms with Gasteiger partial charge in [0.25, 0.3) is 5.91 Å². The largest absolute Gasteiger partial charge is 0.494 e. The average molecular weight is 395 g/mol. The third kappa shape index (κ3) is 5.92. The van der Waals surface area contributed by atoms with Gasteiger partial charge in [-0.2, -0.15) is 0 Å². The number of amides is 1. The molecule has 0 aliphatic carbocycles. The lowest BCUT2D eigenvalue weighted by Crippen LogP contribution is -2.32. The van der Waals surface area contributed by atoms with Gasteiger partial charge in [0.2, 0.25) is 0 Å². The fourth-order valence-corrected chi connectivity index (χ4v) is 3.57. The van der Waals surface area contributed by atoms with Crippen molar-refractivity contribution in [2.75, 3.05) is 13.2 Å². The summed E-state index contributed by atoms with van der Waals surface area (Å²) in [7, 11) is 0. The lowest BCUT2D eigenvalue weighted by atomic mass is 10.1. The van der Waals surface area contributed by atoms with Gasteiger partial charge >= 0.3 is 0 Å². The van der Waals surface area contributed by atoms with Crippen molar-refractivity contribution in [3.05, 3.63) is 82.3 Å². The topological polar surface area (TPSA) is 42.4 Å². The van der Waals surface area contributed by atoms with Crippen LogP contribution in [0.15, 0.2) is 66.3 Å². The SMILES string of the molecule is CCCCOc1ccc(C(=O)N(CCc2cccs2)Cc2cccnc2)cc1. The number of hydrogen-bond donors (Lipinski definition) is 0. The molecule has 0 aliphatic rings. The monoisotopic (exact) mass is 394 g/mol. The van der Waals surface area contributed by atoms with Gasteiger partial charge in [-0.15, -0.1) is 11.3 Å². The third-order valence-electron chi connectivity index (χ3n) is 4.46. The van der Waals surface area contributed by atoms with Gasteiger partial charge in [0, 0.05) is 35.9 Å². The van der Waals surface area contributed by atoms with E-state index in [0.717, 1.165) is 30.6 Å². The molecular weight excluding hydrogens is 368 g/mol. The van der Waals surface area contributed by atoms with E-state index in [2.05, 4.69) is 23.4 Å². The van der Waals surface area contributed by atoms with Crippen molar-refractivity contribution in [3.63, 3.8) is 0 Å². The van der Waals surface area contributed by atoms with E-state index >= 15 is 0 Å². The van der Waals surface area contributed by atoms with Crippen molar-refractivity contribution in [2.45, 2.75) is 32.7 Å². The van der Waals surface area contributed by atoms with E-state index in [-0.39, 0.29) is 5.91 Å². The number of unbranched alkanes of at least 4 members (excludes halogenated alkanes) is 1. The molecule has 28 heavy (non-hydrogen) atoms. The third-order valence-corrected chi connectivity index (χ3v) is 5.40. The summed E-state index contributed by atoms with van der Waals surface area (Å²) in [6, 6.07) is 15.5. The summed E-state index contributed by atoms with van der Waals surface area (Å²) in [5.41, 5.74) is 1.71. The predicted molar refractivity (Wildman–Crippen MR) is 114 cm³/mol. The normalized spacial score (nSPS) is 10.6. The van der Waals surface area contributed by atoms with Crippen LogP contribution in [0.25, 0.3) is 0 Å². The Labute approximate surface area is 170 Å². The van der Waals surface area contributed by atoms with Gasteiger partial charge in [-0.05, 0) is 60.2 Å². The highest BCUT2D eigenvalue weighted by atomic mass is 32.1. The molecule has 5 heteroatoms. The van der Waals surface area contributed by atoms with Crippen LogP contribution in [-0.4, -0.2) is 28.9 Å². The number of pyridine rings is 1. The number of ether oxygens (including phenoxy) is 1. The summed E-state index contributed by atoms with van der Waals surface area (Å²) in [6.45, 7) is 4.06. The Morgan fingerprint density at radius 3 is 2.68 bits per heavy atom. The summed E-state index contributed by atoms with van der Waals surface area (Å²) >= 11 is 1.72. The summed E-state index contributed by atoms with van der Waals surface area (Å²) in [5, 5.41) is 2.07. The standard InChI is InChI=1S/C23H26N2O2S/c1-2-3-15-27-21-10-8-20(9-11-21)23(26)25(14-12-22-7-5-16-28-22)18-19-6-4-13-24-17-19/h4-11,13,16-17H,2-3,12,14-15,18H2,1H3. The molecule has 2 heterocycles. The number of aromatic nitrogens is 1. The molecule has 0 N–H and O–H groups in total. The molecule has 0 aliphatic heterocycles. The Kier molecular flexibility index (Phi) is 7.62. The minimum absolute atomic E-state index is 0.0283. The molecule has 2 aromatic heterocycles. The first-order valence-electron chi connectivity index (χ1n) is 9.69. The van der Waals surface area contributed by atoms with Crippen molar-refractivity contribution in [1.29, 1.82) is 0 Å². The Morgan fingerprint density at radius 1 is 1.14 bits per heavy atom. The highest BCUT2D eigenvalue weighted by Crippen LogP contribution is 2.17. The summed E-state index contributed by atoms with van der Waals surface area (Å²) < 4.78 is 5.70.